The average Bonchev–Trinajstić information content (AvgIpc) is 3.14. The Morgan fingerprint density at radius 3 is 2.24 bits per heavy atom. The molecule has 0 aromatic carbocycles. The molecule has 2 nitrogen and oxygen atoms in total. The molecule has 0 spiro atoms. The van der Waals surface area contributed by atoms with Gasteiger partial charge < -0.3 is 4.74 Å². The van der Waals surface area contributed by atoms with Gasteiger partial charge in [-0.3, -0.25) is 0 Å². The molecule has 2 rings (SSSR count). The second kappa shape index (κ2) is 11.0. The highest BCUT2D eigenvalue weighted by molar-refractivity contribution is 7.29. The normalized spacial score (nSPS) is 11.3. The highest BCUT2D eigenvalue weighted by Gasteiger charge is 2.21. The number of rotatable bonds is 12. The molecule has 25 heavy (non-hydrogen) atoms. The quantitative estimate of drug-likeness (QED) is 0.283. The van der Waals surface area contributed by atoms with E-state index in [1.165, 1.54) is 71.2 Å². The highest BCUT2D eigenvalue weighted by Crippen LogP contribution is 2.39. The van der Waals surface area contributed by atoms with Crippen LogP contribution in [0.3, 0.4) is 0 Å². The highest BCUT2D eigenvalue weighted by atomic mass is 32.1. The Bertz CT molecular complexity index is 654. The van der Waals surface area contributed by atoms with E-state index in [-0.39, 0.29) is 5.97 Å². The summed E-state index contributed by atoms with van der Waals surface area (Å²) in [7, 11) is 0. The largest absolute Gasteiger partial charge is 0.462 e. The summed E-state index contributed by atoms with van der Waals surface area (Å²) in [6, 6.07) is 2.31. The van der Waals surface area contributed by atoms with Crippen LogP contribution in [-0.4, -0.2) is 12.6 Å². The van der Waals surface area contributed by atoms with Gasteiger partial charge in [-0.05, 0) is 44.2 Å². The van der Waals surface area contributed by atoms with Gasteiger partial charge in [-0.15, -0.1) is 22.7 Å². The van der Waals surface area contributed by atoms with Crippen LogP contribution in [0.15, 0.2) is 6.07 Å². The van der Waals surface area contributed by atoms with E-state index < -0.39 is 0 Å². The topological polar surface area (TPSA) is 26.3 Å². The molecule has 0 unspecified atom stereocenters. The molecule has 0 fully saturated rings. The van der Waals surface area contributed by atoms with Crippen LogP contribution in [-0.2, 0) is 17.6 Å². The van der Waals surface area contributed by atoms with E-state index in [1.807, 2.05) is 18.3 Å². The van der Waals surface area contributed by atoms with Gasteiger partial charge in [-0.1, -0.05) is 52.4 Å². The van der Waals surface area contributed by atoms with Crippen molar-refractivity contribution in [3.05, 3.63) is 21.4 Å². The molecule has 140 valence electrons. The Morgan fingerprint density at radius 2 is 1.60 bits per heavy atom. The van der Waals surface area contributed by atoms with Crippen molar-refractivity contribution in [3.63, 3.8) is 0 Å². The lowest BCUT2D eigenvalue weighted by molar-refractivity contribution is 0.0531. The number of ether oxygens (including phenoxy) is 1. The maximum Gasteiger partial charge on any atom is 0.348 e. The third-order valence-corrected chi connectivity index (χ3v) is 7.07. The van der Waals surface area contributed by atoms with Gasteiger partial charge in [0, 0.05) is 14.3 Å². The molecule has 0 aliphatic carbocycles. The van der Waals surface area contributed by atoms with Gasteiger partial charge >= 0.3 is 5.97 Å². The Kier molecular flexibility index (Phi) is 8.97. The fraction of sp³-hybridized carbons (Fsp3) is 0.667. The van der Waals surface area contributed by atoms with E-state index in [9.17, 15) is 4.79 Å². The van der Waals surface area contributed by atoms with Crippen molar-refractivity contribution in [2.24, 2.45) is 0 Å². The van der Waals surface area contributed by atoms with Crippen LogP contribution >= 0.6 is 22.7 Å². The molecule has 2 aromatic rings. The van der Waals surface area contributed by atoms with Crippen LogP contribution in [0, 0.1) is 0 Å². The van der Waals surface area contributed by atoms with Crippen molar-refractivity contribution in [1.29, 1.82) is 0 Å². The van der Waals surface area contributed by atoms with E-state index >= 15 is 0 Å². The first-order valence-electron chi connectivity index (χ1n) is 9.92. The van der Waals surface area contributed by atoms with Crippen LogP contribution < -0.4 is 0 Å². The van der Waals surface area contributed by atoms with Crippen molar-refractivity contribution >= 4 is 38.0 Å². The standard InChI is InChI=1S/C21H32O2S2/c1-4-7-9-11-13-16-15-18-19(24-16)17(14-12-10-8-5-2)20(25-18)21(22)23-6-3/h15H,4-14H2,1-3H3. The second-order valence-electron chi connectivity index (χ2n) is 6.66. The molecule has 0 radical (unpaired) electrons. The summed E-state index contributed by atoms with van der Waals surface area (Å²) in [6.07, 6.45) is 12.3. The monoisotopic (exact) mass is 380 g/mol. The Balaban J connectivity index is 2.15. The lowest BCUT2D eigenvalue weighted by Crippen LogP contribution is -2.05. The molecular weight excluding hydrogens is 348 g/mol. The van der Waals surface area contributed by atoms with Crippen molar-refractivity contribution < 1.29 is 9.53 Å². The number of carbonyl (C=O) groups is 1. The zero-order valence-electron chi connectivity index (χ0n) is 16.0. The van der Waals surface area contributed by atoms with Gasteiger partial charge in [-0.2, -0.15) is 0 Å². The van der Waals surface area contributed by atoms with Crippen molar-refractivity contribution in [2.45, 2.75) is 85.0 Å². The summed E-state index contributed by atoms with van der Waals surface area (Å²) < 4.78 is 7.92. The predicted octanol–water partition coefficient (Wildman–Crippen LogP) is 7.39. The molecule has 0 saturated carbocycles. The van der Waals surface area contributed by atoms with Gasteiger partial charge in [0.05, 0.1) is 6.61 Å². The maximum atomic E-state index is 12.3. The second-order valence-corrected chi connectivity index (χ2v) is 8.85. The fourth-order valence-electron chi connectivity index (χ4n) is 3.15. The lowest BCUT2D eigenvalue weighted by Gasteiger charge is -2.04. The molecule has 0 saturated heterocycles. The van der Waals surface area contributed by atoms with Crippen molar-refractivity contribution in [3.8, 4) is 0 Å². The molecule has 0 atom stereocenters. The first-order chi connectivity index (χ1) is 12.2. The van der Waals surface area contributed by atoms with E-state index in [0.717, 1.165) is 17.7 Å². The summed E-state index contributed by atoms with van der Waals surface area (Å²) in [4.78, 5) is 14.7. The number of hydrogen-bond acceptors (Lipinski definition) is 4. The molecule has 0 aliphatic heterocycles. The smallest absolute Gasteiger partial charge is 0.348 e. The Labute approximate surface area is 160 Å². The van der Waals surface area contributed by atoms with Crippen LogP contribution in [0.4, 0.5) is 0 Å². The first-order valence-corrected chi connectivity index (χ1v) is 11.6. The number of fused-ring (bicyclic) bond motifs is 1. The van der Waals surface area contributed by atoms with Crippen LogP contribution in [0.2, 0.25) is 0 Å². The molecule has 0 bridgehead atoms. The minimum Gasteiger partial charge on any atom is -0.462 e. The number of thiophene rings is 2. The SMILES string of the molecule is CCCCCCc1cc2sc(C(=O)OCC)c(CCCCCC)c2s1. The third kappa shape index (κ3) is 5.82. The molecule has 2 heterocycles. The van der Waals surface area contributed by atoms with Gasteiger partial charge in [0.25, 0.3) is 0 Å². The lowest BCUT2D eigenvalue weighted by atomic mass is 10.1. The van der Waals surface area contributed by atoms with Gasteiger partial charge in [0.15, 0.2) is 0 Å². The predicted molar refractivity (Wildman–Crippen MR) is 111 cm³/mol. The number of esters is 1. The molecule has 0 N–H and O–H groups in total. The van der Waals surface area contributed by atoms with Gasteiger partial charge in [0.2, 0.25) is 0 Å². The molecule has 0 amide bonds. The van der Waals surface area contributed by atoms with Crippen LogP contribution in [0.1, 0.15) is 92.3 Å². The summed E-state index contributed by atoms with van der Waals surface area (Å²) in [5, 5.41) is 0. The Morgan fingerprint density at radius 1 is 0.920 bits per heavy atom. The maximum absolute atomic E-state index is 12.3. The summed E-state index contributed by atoms with van der Waals surface area (Å²) in [5.41, 5.74) is 1.25. The van der Waals surface area contributed by atoms with E-state index in [2.05, 4.69) is 19.9 Å². The van der Waals surface area contributed by atoms with Crippen LogP contribution in [0.25, 0.3) is 9.40 Å². The average molecular weight is 381 g/mol. The number of unbranched alkanes of at least 4 members (excludes halogenated alkanes) is 6. The molecule has 2 aromatic heterocycles. The van der Waals surface area contributed by atoms with Crippen molar-refractivity contribution in [2.75, 3.05) is 6.61 Å². The van der Waals surface area contributed by atoms with E-state index in [4.69, 9.17) is 4.74 Å². The summed E-state index contributed by atoms with van der Waals surface area (Å²) >= 11 is 3.54. The first kappa shape index (κ1) is 20.4. The number of carbonyl (C=O) groups excluding carboxylic acids is 1. The number of aryl methyl sites for hydroxylation is 2. The minimum atomic E-state index is -0.133. The third-order valence-electron chi connectivity index (χ3n) is 4.53. The molecule has 4 heteroatoms. The van der Waals surface area contributed by atoms with Crippen molar-refractivity contribution in [1.82, 2.24) is 0 Å². The minimum absolute atomic E-state index is 0.133. The fourth-order valence-corrected chi connectivity index (χ4v) is 5.82. The summed E-state index contributed by atoms with van der Waals surface area (Å²) in [6.45, 7) is 6.81. The number of hydrogen-bond donors (Lipinski definition) is 0. The van der Waals surface area contributed by atoms with E-state index in [1.54, 1.807) is 11.3 Å². The van der Waals surface area contributed by atoms with E-state index in [0.29, 0.717) is 6.61 Å². The van der Waals surface area contributed by atoms with Gasteiger partial charge in [0.1, 0.15) is 4.88 Å². The molecule has 0 aliphatic rings. The zero-order chi connectivity index (χ0) is 18.1. The molecular formula is C21H32O2S2. The summed E-state index contributed by atoms with van der Waals surface area (Å²) in [5.74, 6) is -0.133. The Hall–Kier alpha value is -0.870. The zero-order valence-corrected chi connectivity index (χ0v) is 17.6. The van der Waals surface area contributed by atoms with Gasteiger partial charge in [-0.25, -0.2) is 4.79 Å². The van der Waals surface area contributed by atoms with Crippen LogP contribution in [0.5, 0.6) is 0 Å².